The third-order valence-corrected chi connectivity index (χ3v) is 6.65. The van der Waals surface area contributed by atoms with Gasteiger partial charge in [-0.1, -0.05) is 36.4 Å². The van der Waals surface area contributed by atoms with E-state index in [2.05, 4.69) is 4.98 Å². The zero-order valence-electron chi connectivity index (χ0n) is 19.4. The van der Waals surface area contributed by atoms with Gasteiger partial charge in [0.2, 0.25) is 5.91 Å². The Hall–Kier alpha value is -3.52. The molecule has 0 spiro atoms. The molecule has 176 valence electrons. The minimum absolute atomic E-state index is 0.0686. The summed E-state index contributed by atoms with van der Waals surface area (Å²) < 4.78 is 7.32. The molecule has 2 aliphatic rings. The van der Waals surface area contributed by atoms with Crippen LogP contribution in [0.15, 0.2) is 54.7 Å². The van der Waals surface area contributed by atoms with Gasteiger partial charge >= 0.3 is 0 Å². The van der Waals surface area contributed by atoms with Crippen LogP contribution in [0.25, 0.3) is 0 Å². The van der Waals surface area contributed by atoms with E-state index in [4.69, 9.17) is 9.84 Å². The molecule has 34 heavy (non-hydrogen) atoms. The first kappa shape index (κ1) is 22.3. The lowest BCUT2D eigenvalue weighted by atomic mass is 9.97. The molecule has 1 fully saturated rings. The molecule has 2 aromatic heterocycles. The summed E-state index contributed by atoms with van der Waals surface area (Å²) in [6.07, 6.45) is 2.41. The lowest BCUT2D eigenvalue weighted by Crippen LogP contribution is -2.42. The molecule has 1 saturated heterocycles. The highest BCUT2D eigenvalue weighted by Gasteiger charge is 2.33. The van der Waals surface area contributed by atoms with Gasteiger partial charge in [0.25, 0.3) is 5.91 Å². The number of amides is 2. The van der Waals surface area contributed by atoms with E-state index in [0.29, 0.717) is 58.1 Å². The smallest absolute Gasteiger partial charge is 0.274 e. The zero-order valence-corrected chi connectivity index (χ0v) is 19.4. The topological polar surface area (TPSA) is 80.6 Å². The Labute approximate surface area is 199 Å². The second kappa shape index (κ2) is 9.77. The third kappa shape index (κ3) is 4.46. The monoisotopic (exact) mass is 459 g/mol. The van der Waals surface area contributed by atoms with Gasteiger partial charge in [0.15, 0.2) is 5.69 Å². The van der Waals surface area contributed by atoms with E-state index >= 15 is 0 Å². The highest BCUT2D eigenvalue weighted by Crippen LogP contribution is 2.27. The van der Waals surface area contributed by atoms with Gasteiger partial charge in [-0.05, 0) is 24.6 Å². The molecular formula is C26H29N5O3. The van der Waals surface area contributed by atoms with Crippen molar-refractivity contribution < 1.29 is 14.3 Å². The van der Waals surface area contributed by atoms with Gasteiger partial charge in [0.1, 0.15) is 0 Å². The summed E-state index contributed by atoms with van der Waals surface area (Å²) in [6.45, 7) is 5.58. The van der Waals surface area contributed by atoms with E-state index in [9.17, 15) is 9.59 Å². The van der Waals surface area contributed by atoms with Crippen molar-refractivity contribution >= 4 is 11.8 Å². The largest absolute Gasteiger partial charge is 0.378 e. The number of fused-ring (bicyclic) bond motifs is 1. The van der Waals surface area contributed by atoms with E-state index in [0.717, 1.165) is 22.5 Å². The first-order valence-electron chi connectivity index (χ1n) is 11.8. The van der Waals surface area contributed by atoms with Crippen LogP contribution in [-0.2, 0) is 29.0 Å². The number of benzene rings is 1. The number of rotatable bonds is 5. The molecule has 5 rings (SSSR count). The number of pyridine rings is 1. The maximum absolute atomic E-state index is 13.4. The number of ether oxygens (including phenoxy) is 1. The van der Waals surface area contributed by atoms with Crippen molar-refractivity contribution in [1.82, 2.24) is 24.6 Å². The average molecular weight is 460 g/mol. The van der Waals surface area contributed by atoms with Crippen LogP contribution in [0.4, 0.5) is 0 Å². The minimum Gasteiger partial charge on any atom is -0.378 e. The second-order valence-corrected chi connectivity index (χ2v) is 8.80. The van der Waals surface area contributed by atoms with Crippen molar-refractivity contribution in [3.05, 3.63) is 82.9 Å². The summed E-state index contributed by atoms with van der Waals surface area (Å²) in [5, 5.41) is 4.77. The Balaban J connectivity index is 1.44. The highest BCUT2D eigenvalue weighted by atomic mass is 16.5. The SMILES string of the molecule is C[C@H](C(=O)N1CCc2c(c(C(=O)N3CCOCC3)nn2Cc2ccccn2)C1)c1ccccc1. The van der Waals surface area contributed by atoms with Crippen LogP contribution >= 0.6 is 0 Å². The molecule has 0 N–H and O–H groups in total. The molecule has 0 bridgehead atoms. The summed E-state index contributed by atoms with van der Waals surface area (Å²) in [6, 6.07) is 15.6. The molecule has 0 unspecified atom stereocenters. The third-order valence-electron chi connectivity index (χ3n) is 6.65. The molecule has 0 aliphatic carbocycles. The summed E-state index contributed by atoms with van der Waals surface area (Å²) in [5.41, 5.74) is 4.19. The van der Waals surface area contributed by atoms with E-state index in [1.165, 1.54) is 0 Å². The number of nitrogens with zero attached hydrogens (tertiary/aromatic N) is 5. The Kier molecular flexibility index (Phi) is 6.40. The van der Waals surface area contributed by atoms with Crippen molar-refractivity contribution in [3.8, 4) is 0 Å². The van der Waals surface area contributed by atoms with E-state index in [1.54, 1.807) is 11.1 Å². The number of aromatic nitrogens is 3. The predicted molar refractivity (Wildman–Crippen MR) is 126 cm³/mol. The molecule has 3 aromatic rings. The lowest BCUT2D eigenvalue weighted by molar-refractivity contribution is -0.133. The van der Waals surface area contributed by atoms with E-state index < -0.39 is 0 Å². The van der Waals surface area contributed by atoms with Gasteiger partial charge in [-0.15, -0.1) is 0 Å². The van der Waals surface area contributed by atoms with Crippen LogP contribution in [0.1, 0.15) is 45.8 Å². The molecule has 2 amide bonds. The molecule has 2 aliphatic heterocycles. The Bertz CT molecular complexity index is 1160. The number of carbonyl (C=O) groups excluding carboxylic acids is 2. The van der Waals surface area contributed by atoms with Crippen LogP contribution in [0.3, 0.4) is 0 Å². The van der Waals surface area contributed by atoms with Gasteiger partial charge in [-0.3, -0.25) is 19.3 Å². The van der Waals surface area contributed by atoms with Crippen LogP contribution in [0.5, 0.6) is 0 Å². The van der Waals surface area contributed by atoms with E-state index in [-0.39, 0.29) is 17.7 Å². The summed E-state index contributed by atoms with van der Waals surface area (Å²) in [4.78, 5) is 34.9. The van der Waals surface area contributed by atoms with Crippen LogP contribution < -0.4 is 0 Å². The Morgan fingerprint density at radius 1 is 1.00 bits per heavy atom. The fourth-order valence-corrected chi connectivity index (χ4v) is 4.70. The zero-order chi connectivity index (χ0) is 23.5. The van der Waals surface area contributed by atoms with Gasteiger partial charge in [-0.25, -0.2) is 0 Å². The predicted octanol–water partition coefficient (Wildman–Crippen LogP) is 2.49. The highest BCUT2D eigenvalue weighted by molar-refractivity contribution is 5.94. The Morgan fingerprint density at radius 2 is 1.76 bits per heavy atom. The molecule has 1 atom stereocenters. The van der Waals surface area contributed by atoms with Gasteiger partial charge in [0, 0.05) is 50.1 Å². The van der Waals surface area contributed by atoms with E-state index in [1.807, 2.05) is 65.0 Å². The van der Waals surface area contributed by atoms with Crippen molar-refractivity contribution in [3.63, 3.8) is 0 Å². The quantitative estimate of drug-likeness (QED) is 0.586. The van der Waals surface area contributed by atoms with Crippen molar-refractivity contribution in [2.75, 3.05) is 32.8 Å². The molecule has 4 heterocycles. The lowest BCUT2D eigenvalue weighted by Gasteiger charge is -2.31. The normalized spacial score (nSPS) is 16.7. The van der Waals surface area contributed by atoms with Crippen molar-refractivity contribution in [2.45, 2.75) is 32.4 Å². The number of morpholine rings is 1. The average Bonchev–Trinajstić information content (AvgIpc) is 3.26. The minimum atomic E-state index is -0.246. The number of hydrogen-bond acceptors (Lipinski definition) is 5. The van der Waals surface area contributed by atoms with Crippen LogP contribution in [0, 0.1) is 0 Å². The standard InChI is InChI=1S/C26H29N5O3/c1-19(20-7-3-2-4-8-20)25(32)30-12-10-23-22(18-30)24(26(33)29-13-15-34-16-14-29)28-31(23)17-21-9-5-6-11-27-21/h2-9,11,19H,10,12-18H2,1H3/t19-/m0/s1. The first-order chi connectivity index (χ1) is 16.6. The van der Waals surface area contributed by atoms with Crippen molar-refractivity contribution in [1.29, 1.82) is 0 Å². The van der Waals surface area contributed by atoms with Gasteiger partial charge < -0.3 is 14.5 Å². The summed E-state index contributed by atoms with van der Waals surface area (Å²) in [7, 11) is 0. The molecule has 1 aromatic carbocycles. The van der Waals surface area contributed by atoms with Gasteiger partial charge in [-0.2, -0.15) is 5.10 Å². The van der Waals surface area contributed by atoms with Crippen molar-refractivity contribution in [2.24, 2.45) is 0 Å². The molecule has 0 saturated carbocycles. The summed E-state index contributed by atoms with van der Waals surface area (Å²) >= 11 is 0. The van der Waals surface area contributed by atoms with Gasteiger partial charge in [0.05, 0.1) is 31.4 Å². The fraction of sp³-hybridized carbons (Fsp3) is 0.385. The molecule has 8 nitrogen and oxygen atoms in total. The fourth-order valence-electron chi connectivity index (χ4n) is 4.70. The van der Waals surface area contributed by atoms with Crippen LogP contribution in [-0.4, -0.2) is 69.2 Å². The second-order valence-electron chi connectivity index (χ2n) is 8.80. The first-order valence-corrected chi connectivity index (χ1v) is 11.8. The molecular weight excluding hydrogens is 430 g/mol. The molecule has 0 radical (unpaired) electrons. The molecule has 8 heteroatoms. The Morgan fingerprint density at radius 3 is 2.50 bits per heavy atom. The number of carbonyl (C=O) groups is 2. The maximum Gasteiger partial charge on any atom is 0.274 e. The maximum atomic E-state index is 13.4. The number of hydrogen-bond donors (Lipinski definition) is 0. The summed E-state index contributed by atoms with van der Waals surface area (Å²) in [5.74, 6) is -0.270. The van der Waals surface area contributed by atoms with Crippen LogP contribution in [0.2, 0.25) is 0 Å².